The van der Waals surface area contributed by atoms with Gasteiger partial charge in [-0.3, -0.25) is 4.79 Å². The van der Waals surface area contributed by atoms with E-state index < -0.39 is 0 Å². The van der Waals surface area contributed by atoms with Crippen LogP contribution in [-0.4, -0.2) is 21.3 Å². The summed E-state index contributed by atoms with van der Waals surface area (Å²) in [6.07, 6.45) is 0.747. The molecule has 0 N–H and O–H groups in total. The lowest BCUT2D eigenvalue weighted by atomic mass is 10.2. The van der Waals surface area contributed by atoms with Crippen molar-refractivity contribution in [2.75, 3.05) is 0 Å². The number of carbonyl (C=O) groups excluding carboxylic acids is 1. The number of hydrogen-bond donors (Lipinski definition) is 0. The number of para-hydroxylation sites is 1. The smallest absolute Gasteiger partial charge is 0.172 e. The fraction of sp³-hybridized carbons (Fsp3) is 0.0714. The molecule has 0 saturated heterocycles. The van der Waals surface area contributed by atoms with Crippen LogP contribution in [0.4, 0.5) is 0 Å². The summed E-state index contributed by atoms with van der Waals surface area (Å²) < 4.78 is 1.73. The predicted molar refractivity (Wildman–Crippen MR) is 74.8 cm³/mol. The molecular weight excluding hydrogens is 258 g/mol. The SMILES string of the molecule is Cc1ccccc1-n1nnc(C=O)c1-c1cccs1. The van der Waals surface area contributed by atoms with E-state index in [1.54, 1.807) is 16.0 Å². The number of aryl methyl sites for hydroxylation is 1. The standard InChI is InChI=1S/C14H11N3OS/c1-10-5-2-3-6-12(10)17-14(11(9-18)15-16-17)13-7-4-8-19-13/h2-9H,1H3. The van der Waals surface area contributed by atoms with Crippen molar-refractivity contribution in [3.05, 3.63) is 53.0 Å². The highest BCUT2D eigenvalue weighted by molar-refractivity contribution is 7.13. The maximum Gasteiger partial charge on any atom is 0.172 e. The molecule has 19 heavy (non-hydrogen) atoms. The molecular formula is C14H11N3OS. The molecule has 0 saturated carbocycles. The van der Waals surface area contributed by atoms with Gasteiger partial charge < -0.3 is 0 Å². The number of carbonyl (C=O) groups is 1. The number of benzene rings is 1. The molecule has 94 valence electrons. The first-order valence-electron chi connectivity index (χ1n) is 5.82. The third kappa shape index (κ3) is 1.98. The fourth-order valence-electron chi connectivity index (χ4n) is 1.99. The molecule has 0 atom stereocenters. The van der Waals surface area contributed by atoms with Crippen LogP contribution in [0.1, 0.15) is 16.1 Å². The number of thiophene rings is 1. The van der Waals surface area contributed by atoms with Gasteiger partial charge >= 0.3 is 0 Å². The maximum atomic E-state index is 11.1. The van der Waals surface area contributed by atoms with E-state index in [1.165, 1.54) is 0 Å². The largest absolute Gasteiger partial charge is 0.296 e. The summed E-state index contributed by atoms with van der Waals surface area (Å²) in [4.78, 5) is 12.1. The van der Waals surface area contributed by atoms with Crippen molar-refractivity contribution in [1.82, 2.24) is 15.0 Å². The highest BCUT2D eigenvalue weighted by atomic mass is 32.1. The summed E-state index contributed by atoms with van der Waals surface area (Å²) in [7, 11) is 0. The summed E-state index contributed by atoms with van der Waals surface area (Å²) in [6.45, 7) is 2.01. The molecule has 3 rings (SSSR count). The minimum absolute atomic E-state index is 0.366. The second-order valence-electron chi connectivity index (χ2n) is 4.12. The number of aldehydes is 1. The third-order valence-corrected chi connectivity index (χ3v) is 3.78. The Morgan fingerprint density at radius 3 is 2.74 bits per heavy atom. The number of nitrogens with zero attached hydrogens (tertiary/aromatic N) is 3. The first-order chi connectivity index (χ1) is 9.31. The van der Waals surface area contributed by atoms with E-state index in [4.69, 9.17) is 0 Å². The Morgan fingerprint density at radius 1 is 1.21 bits per heavy atom. The molecule has 0 bridgehead atoms. The molecule has 2 heterocycles. The Morgan fingerprint density at radius 2 is 2.05 bits per heavy atom. The molecule has 0 aliphatic carbocycles. The molecule has 5 heteroatoms. The Hall–Kier alpha value is -2.27. The third-order valence-electron chi connectivity index (χ3n) is 2.91. The molecule has 0 unspecified atom stereocenters. The summed E-state index contributed by atoms with van der Waals surface area (Å²) >= 11 is 1.57. The maximum absolute atomic E-state index is 11.1. The highest BCUT2D eigenvalue weighted by Crippen LogP contribution is 2.29. The lowest BCUT2D eigenvalue weighted by Crippen LogP contribution is -2.01. The molecule has 0 aliphatic rings. The second-order valence-corrected chi connectivity index (χ2v) is 5.06. The van der Waals surface area contributed by atoms with Crippen LogP contribution in [-0.2, 0) is 0 Å². The van der Waals surface area contributed by atoms with Crippen LogP contribution in [0.25, 0.3) is 16.3 Å². The zero-order valence-electron chi connectivity index (χ0n) is 10.3. The average molecular weight is 269 g/mol. The normalized spacial score (nSPS) is 10.6. The Kier molecular flexibility index (Phi) is 2.97. The predicted octanol–water partition coefficient (Wildman–Crippen LogP) is 3.12. The van der Waals surface area contributed by atoms with Crippen molar-refractivity contribution in [2.24, 2.45) is 0 Å². The van der Waals surface area contributed by atoms with Gasteiger partial charge in [0.2, 0.25) is 0 Å². The molecule has 4 nitrogen and oxygen atoms in total. The van der Waals surface area contributed by atoms with Gasteiger partial charge in [0.15, 0.2) is 12.0 Å². The number of hydrogen-bond acceptors (Lipinski definition) is 4. The van der Waals surface area contributed by atoms with Crippen LogP contribution in [0.15, 0.2) is 41.8 Å². The second kappa shape index (κ2) is 4.78. The molecule has 0 aliphatic heterocycles. The molecule has 0 spiro atoms. The molecule has 1 aromatic carbocycles. The van der Waals surface area contributed by atoms with Gasteiger partial charge in [-0.2, -0.15) is 0 Å². The van der Waals surface area contributed by atoms with Crippen LogP contribution in [0.2, 0.25) is 0 Å². The van der Waals surface area contributed by atoms with Gasteiger partial charge in [0.1, 0.15) is 5.69 Å². The zero-order chi connectivity index (χ0) is 13.2. The van der Waals surface area contributed by atoms with Crippen LogP contribution in [0, 0.1) is 6.92 Å². The summed E-state index contributed by atoms with van der Waals surface area (Å²) in [5.41, 5.74) is 3.14. The van der Waals surface area contributed by atoms with Gasteiger partial charge in [0.05, 0.1) is 10.6 Å². The Bertz CT molecular complexity index is 716. The van der Waals surface area contributed by atoms with E-state index in [9.17, 15) is 4.79 Å². The molecule has 3 aromatic rings. The first kappa shape index (κ1) is 11.8. The lowest BCUT2D eigenvalue weighted by molar-refractivity contribution is 0.111. The molecule has 0 radical (unpaired) electrons. The van der Waals surface area contributed by atoms with Gasteiger partial charge in [-0.25, -0.2) is 4.68 Å². The Balaban J connectivity index is 2.26. The van der Waals surface area contributed by atoms with Crippen molar-refractivity contribution in [2.45, 2.75) is 6.92 Å². The monoisotopic (exact) mass is 269 g/mol. The van der Waals surface area contributed by atoms with Crippen molar-refractivity contribution in [3.8, 4) is 16.3 Å². The lowest BCUT2D eigenvalue weighted by Gasteiger charge is -2.07. The minimum atomic E-state index is 0.366. The van der Waals surface area contributed by atoms with Crippen LogP contribution in [0.3, 0.4) is 0 Å². The van der Waals surface area contributed by atoms with Gasteiger partial charge in [-0.15, -0.1) is 16.4 Å². The van der Waals surface area contributed by atoms with E-state index in [2.05, 4.69) is 10.3 Å². The zero-order valence-corrected chi connectivity index (χ0v) is 11.1. The van der Waals surface area contributed by atoms with E-state index in [-0.39, 0.29) is 0 Å². The summed E-state index contributed by atoms with van der Waals surface area (Å²) in [5.74, 6) is 0. The van der Waals surface area contributed by atoms with Gasteiger partial charge in [0.25, 0.3) is 0 Å². The van der Waals surface area contributed by atoms with E-state index in [1.807, 2.05) is 48.7 Å². The molecule has 2 aromatic heterocycles. The fourth-order valence-corrected chi connectivity index (χ4v) is 2.75. The van der Waals surface area contributed by atoms with Crippen LogP contribution in [0.5, 0.6) is 0 Å². The van der Waals surface area contributed by atoms with E-state index in [0.29, 0.717) is 5.69 Å². The molecule has 0 fully saturated rings. The topological polar surface area (TPSA) is 47.8 Å². The van der Waals surface area contributed by atoms with Crippen molar-refractivity contribution >= 4 is 17.6 Å². The van der Waals surface area contributed by atoms with E-state index >= 15 is 0 Å². The van der Waals surface area contributed by atoms with Gasteiger partial charge in [-0.1, -0.05) is 29.5 Å². The van der Waals surface area contributed by atoms with Crippen molar-refractivity contribution in [1.29, 1.82) is 0 Å². The van der Waals surface area contributed by atoms with Crippen molar-refractivity contribution in [3.63, 3.8) is 0 Å². The Labute approximate surface area is 114 Å². The minimum Gasteiger partial charge on any atom is -0.296 e. The summed E-state index contributed by atoms with van der Waals surface area (Å²) in [6, 6.07) is 11.8. The highest BCUT2D eigenvalue weighted by Gasteiger charge is 2.17. The van der Waals surface area contributed by atoms with Crippen molar-refractivity contribution < 1.29 is 4.79 Å². The summed E-state index contributed by atoms with van der Waals surface area (Å²) in [5, 5.41) is 10.0. The van der Waals surface area contributed by atoms with E-state index in [0.717, 1.165) is 28.1 Å². The number of rotatable bonds is 3. The average Bonchev–Trinajstić information content (AvgIpc) is 3.07. The molecule has 0 amide bonds. The first-order valence-corrected chi connectivity index (χ1v) is 6.70. The van der Waals surface area contributed by atoms with Crippen LogP contribution >= 0.6 is 11.3 Å². The quantitative estimate of drug-likeness (QED) is 0.686. The van der Waals surface area contributed by atoms with Gasteiger partial charge in [0, 0.05) is 0 Å². The number of aromatic nitrogens is 3. The van der Waals surface area contributed by atoms with Crippen LogP contribution < -0.4 is 0 Å². The van der Waals surface area contributed by atoms with Gasteiger partial charge in [-0.05, 0) is 30.0 Å².